The number of hydrogen-bond acceptors (Lipinski definition) is 3. The fourth-order valence-corrected chi connectivity index (χ4v) is 3.07. The number of hydrogen-bond donors (Lipinski definition) is 1. The summed E-state index contributed by atoms with van der Waals surface area (Å²) in [7, 11) is 0. The Morgan fingerprint density at radius 3 is 3.00 bits per heavy atom. The van der Waals surface area contributed by atoms with Gasteiger partial charge in [-0.1, -0.05) is 25.6 Å². The van der Waals surface area contributed by atoms with E-state index in [2.05, 4.69) is 40.1 Å². The van der Waals surface area contributed by atoms with E-state index >= 15 is 0 Å². The van der Waals surface area contributed by atoms with Crippen molar-refractivity contribution in [1.29, 1.82) is 0 Å². The van der Waals surface area contributed by atoms with Crippen molar-refractivity contribution in [1.82, 2.24) is 0 Å². The van der Waals surface area contributed by atoms with Crippen molar-refractivity contribution < 1.29 is 4.39 Å². The second-order valence-corrected chi connectivity index (χ2v) is 6.65. The molecule has 1 aromatic rings. The Labute approximate surface area is 120 Å². The first-order valence-corrected chi connectivity index (χ1v) is 7.75. The van der Waals surface area contributed by atoms with E-state index < -0.39 is 0 Å². The van der Waals surface area contributed by atoms with Gasteiger partial charge in [0.1, 0.15) is 5.82 Å². The molecule has 98 valence electrons. The largest absolute Gasteiger partial charge is 0.335 e. The molecule has 0 fully saturated rings. The van der Waals surface area contributed by atoms with Gasteiger partial charge in [0.25, 0.3) is 0 Å². The lowest BCUT2D eigenvalue weighted by molar-refractivity contribution is 0.529. The molecule has 1 aliphatic rings. The van der Waals surface area contributed by atoms with Crippen molar-refractivity contribution in [3.63, 3.8) is 0 Å². The van der Waals surface area contributed by atoms with Crippen molar-refractivity contribution in [2.45, 2.75) is 26.3 Å². The van der Waals surface area contributed by atoms with Crippen LogP contribution in [0.25, 0.3) is 0 Å². The van der Waals surface area contributed by atoms with Crippen molar-refractivity contribution >= 4 is 38.5 Å². The van der Waals surface area contributed by atoms with Gasteiger partial charge in [0, 0.05) is 11.4 Å². The highest BCUT2D eigenvalue weighted by Crippen LogP contribution is 2.25. The van der Waals surface area contributed by atoms with Crippen LogP contribution in [0, 0.1) is 11.7 Å². The van der Waals surface area contributed by atoms with Gasteiger partial charge in [0.2, 0.25) is 0 Å². The van der Waals surface area contributed by atoms with Crippen LogP contribution >= 0.6 is 27.7 Å². The van der Waals surface area contributed by atoms with Crippen molar-refractivity contribution in [2.24, 2.45) is 10.9 Å². The Hall–Kier alpha value is -0.550. The first-order chi connectivity index (χ1) is 8.54. The molecule has 1 aliphatic heterocycles. The highest BCUT2D eigenvalue weighted by atomic mass is 79.9. The molecular weight excluding hydrogens is 315 g/mol. The van der Waals surface area contributed by atoms with E-state index in [9.17, 15) is 4.39 Å². The monoisotopic (exact) mass is 330 g/mol. The summed E-state index contributed by atoms with van der Waals surface area (Å²) in [6.07, 6.45) is 1.10. The van der Waals surface area contributed by atoms with Gasteiger partial charge in [-0.2, -0.15) is 0 Å². The summed E-state index contributed by atoms with van der Waals surface area (Å²) in [5.74, 6) is 1.41. The highest BCUT2D eigenvalue weighted by Gasteiger charge is 2.19. The van der Waals surface area contributed by atoms with Crippen LogP contribution in [0.5, 0.6) is 0 Å². The predicted octanol–water partition coefficient (Wildman–Crippen LogP) is 4.52. The molecule has 0 saturated carbocycles. The lowest BCUT2D eigenvalue weighted by Crippen LogP contribution is -2.08. The Morgan fingerprint density at radius 2 is 2.33 bits per heavy atom. The lowest BCUT2D eigenvalue weighted by Gasteiger charge is -2.07. The van der Waals surface area contributed by atoms with Gasteiger partial charge < -0.3 is 5.32 Å². The van der Waals surface area contributed by atoms with E-state index in [4.69, 9.17) is 0 Å². The molecule has 2 nitrogen and oxygen atoms in total. The number of thioether (sulfide) groups is 1. The smallest absolute Gasteiger partial charge is 0.161 e. The maximum atomic E-state index is 13.4. The number of halogens is 2. The van der Waals surface area contributed by atoms with Crippen LogP contribution in [-0.2, 0) is 0 Å². The third-order valence-electron chi connectivity index (χ3n) is 2.63. The van der Waals surface area contributed by atoms with Crippen LogP contribution < -0.4 is 5.32 Å². The Kier molecular flexibility index (Phi) is 4.67. The molecule has 1 aromatic carbocycles. The maximum Gasteiger partial charge on any atom is 0.161 e. The molecule has 5 heteroatoms. The Bertz CT molecular complexity index is 462. The van der Waals surface area contributed by atoms with Crippen LogP contribution in [0.3, 0.4) is 0 Å². The maximum absolute atomic E-state index is 13.4. The van der Waals surface area contributed by atoms with E-state index in [0.29, 0.717) is 16.4 Å². The molecule has 0 saturated heterocycles. The number of benzene rings is 1. The van der Waals surface area contributed by atoms with Gasteiger partial charge in [-0.15, -0.1) is 0 Å². The molecule has 0 bridgehead atoms. The molecule has 1 unspecified atom stereocenters. The van der Waals surface area contributed by atoms with E-state index in [-0.39, 0.29) is 5.82 Å². The fraction of sp³-hybridized carbons (Fsp3) is 0.462. The number of aliphatic imine (C=N–C) groups is 1. The summed E-state index contributed by atoms with van der Waals surface area (Å²) >= 11 is 4.84. The van der Waals surface area contributed by atoms with Gasteiger partial charge in [0.05, 0.1) is 10.5 Å². The highest BCUT2D eigenvalue weighted by molar-refractivity contribution is 9.10. The molecule has 2 rings (SSSR count). The van der Waals surface area contributed by atoms with Crippen LogP contribution in [0.1, 0.15) is 20.3 Å². The van der Waals surface area contributed by atoms with E-state index in [1.807, 2.05) is 6.07 Å². The topological polar surface area (TPSA) is 24.4 Å². The molecule has 1 atom stereocenters. The third kappa shape index (κ3) is 3.72. The normalized spacial score (nSPS) is 19.2. The molecule has 0 aromatic heterocycles. The first kappa shape index (κ1) is 13.9. The zero-order chi connectivity index (χ0) is 13.1. The van der Waals surface area contributed by atoms with E-state index in [0.717, 1.165) is 23.0 Å². The molecule has 1 heterocycles. The van der Waals surface area contributed by atoms with Gasteiger partial charge >= 0.3 is 0 Å². The summed E-state index contributed by atoms with van der Waals surface area (Å²) in [5, 5.41) is 4.06. The SMILES string of the molecule is CC(C)CC1CSC(Nc2ccc(Br)c(F)c2)=N1. The van der Waals surface area contributed by atoms with Crippen LogP contribution in [0.4, 0.5) is 10.1 Å². The van der Waals surface area contributed by atoms with Gasteiger partial charge in [-0.25, -0.2) is 4.39 Å². The quantitative estimate of drug-likeness (QED) is 0.881. The average molecular weight is 331 g/mol. The predicted molar refractivity (Wildman–Crippen MR) is 80.9 cm³/mol. The molecule has 0 aliphatic carbocycles. The number of anilines is 1. The first-order valence-electron chi connectivity index (χ1n) is 5.97. The number of nitrogens with zero attached hydrogens (tertiary/aromatic N) is 1. The van der Waals surface area contributed by atoms with Gasteiger partial charge in [-0.3, -0.25) is 4.99 Å². The molecule has 0 amide bonds. The zero-order valence-corrected chi connectivity index (χ0v) is 12.8. The molecule has 0 radical (unpaired) electrons. The third-order valence-corrected chi connectivity index (χ3v) is 4.30. The summed E-state index contributed by atoms with van der Waals surface area (Å²) in [5.41, 5.74) is 0.743. The second-order valence-electron chi connectivity index (χ2n) is 4.78. The Morgan fingerprint density at radius 1 is 1.56 bits per heavy atom. The van der Waals surface area contributed by atoms with E-state index in [1.165, 1.54) is 6.07 Å². The van der Waals surface area contributed by atoms with Crippen molar-refractivity contribution in [2.75, 3.05) is 11.1 Å². The summed E-state index contributed by atoms with van der Waals surface area (Å²) in [6, 6.07) is 5.40. The summed E-state index contributed by atoms with van der Waals surface area (Å²) in [4.78, 5) is 4.61. The molecule has 1 N–H and O–H groups in total. The van der Waals surface area contributed by atoms with Gasteiger partial charge in [-0.05, 0) is 46.5 Å². The summed E-state index contributed by atoms with van der Waals surface area (Å²) < 4.78 is 13.8. The standard InChI is InChI=1S/C13H16BrFN2S/c1-8(2)5-10-7-18-13(17-10)16-9-3-4-11(14)12(15)6-9/h3-4,6,8,10H,5,7H2,1-2H3,(H,16,17). The van der Waals surface area contributed by atoms with Crippen LogP contribution in [0.15, 0.2) is 27.7 Å². The van der Waals surface area contributed by atoms with Gasteiger partial charge in [0.15, 0.2) is 5.17 Å². The lowest BCUT2D eigenvalue weighted by atomic mass is 10.1. The van der Waals surface area contributed by atoms with Crippen LogP contribution in [0.2, 0.25) is 0 Å². The van der Waals surface area contributed by atoms with E-state index in [1.54, 1.807) is 17.8 Å². The average Bonchev–Trinajstić information content (AvgIpc) is 2.70. The van der Waals surface area contributed by atoms with Crippen LogP contribution in [-0.4, -0.2) is 17.0 Å². The summed E-state index contributed by atoms with van der Waals surface area (Å²) in [6.45, 7) is 4.41. The number of rotatable bonds is 3. The second kappa shape index (κ2) is 6.06. The van der Waals surface area contributed by atoms with Crippen molar-refractivity contribution in [3.8, 4) is 0 Å². The Balaban J connectivity index is 1.99. The minimum absolute atomic E-state index is 0.262. The molecular formula is C13H16BrFN2S. The van der Waals surface area contributed by atoms with Crippen molar-refractivity contribution in [3.05, 3.63) is 28.5 Å². The zero-order valence-electron chi connectivity index (χ0n) is 10.4. The molecule has 0 spiro atoms. The molecule has 18 heavy (non-hydrogen) atoms. The fourth-order valence-electron chi connectivity index (χ4n) is 1.85. The number of amidine groups is 1. The minimum atomic E-state index is -0.262. The number of nitrogens with one attached hydrogen (secondary N) is 1. The minimum Gasteiger partial charge on any atom is -0.335 e.